The molecular formula is C12H17N3O3S. The summed E-state index contributed by atoms with van der Waals surface area (Å²) in [5.41, 5.74) is 0.315. The lowest BCUT2D eigenvalue weighted by atomic mass is 9.96. The van der Waals surface area contributed by atoms with Gasteiger partial charge in [-0.2, -0.15) is 0 Å². The number of piperidine rings is 1. The van der Waals surface area contributed by atoms with Crippen molar-refractivity contribution in [2.75, 3.05) is 18.4 Å². The van der Waals surface area contributed by atoms with E-state index in [1.807, 2.05) is 6.92 Å². The molecule has 1 saturated heterocycles. The Hall–Kier alpha value is -1.47. The maximum Gasteiger partial charge on any atom is 0.273 e. The van der Waals surface area contributed by atoms with Gasteiger partial charge in [-0.05, 0) is 12.3 Å². The van der Waals surface area contributed by atoms with Gasteiger partial charge in [-0.1, -0.05) is 6.92 Å². The van der Waals surface area contributed by atoms with Crippen LogP contribution in [0.15, 0.2) is 5.38 Å². The number of anilines is 1. The fraction of sp³-hybridized carbons (Fsp3) is 0.583. The third-order valence-corrected chi connectivity index (χ3v) is 3.97. The second kappa shape index (κ2) is 5.66. The summed E-state index contributed by atoms with van der Waals surface area (Å²) in [6.45, 7) is 4.34. The van der Waals surface area contributed by atoms with Crippen LogP contribution in [0.1, 0.15) is 30.8 Å². The van der Waals surface area contributed by atoms with Crippen LogP contribution in [0.4, 0.5) is 5.13 Å². The van der Waals surface area contributed by atoms with E-state index in [-0.39, 0.29) is 17.7 Å². The van der Waals surface area contributed by atoms with E-state index in [2.05, 4.69) is 10.3 Å². The average molecular weight is 283 g/mol. The van der Waals surface area contributed by atoms with E-state index in [0.717, 1.165) is 6.42 Å². The number of amides is 2. The molecule has 0 aromatic carbocycles. The van der Waals surface area contributed by atoms with Gasteiger partial charge in [-0.3, -0.25) is 9.59 Å². The fourth-order valence-electron chi connectivity index (χ4n) is 1.98. The molecular weight excluding hydrogens is 266 g/mol. The van der Waals surface area contributed by atoms with Gasteiger partial charge in [-0.15, -0.1) is 11.3 Å². The van der Waals surface area contributed by atoms with Crippen molar-refractivity contribution in [2.45, 2.75) is 26.4 Å². The predicted octanol–water partition coefficient (Wildman–Crippen LogP) is 0.944. The molecule has 7 heteroatoms. The third-order valence-electron chi connectivity index (χ3n) is 3.21. The maximum absolute atomic E-state index is 12.2. The summed E-state index contributed by atoms with van der Waals surface area (Å²) in [5.74, 6) is -0.191. The van der Waals surface area contributed by atoms with E-state index in [4.69, 9.17) is 0 Å². The van der Waals surface area contributed by atoms with Crippen LogP contribution < -0.4 is 5.32 Å². The Morgan fingerprint density at radius 3 is 2.95 bits per heavy atom. The number of nitrogens with zero attached hydrogens (tertiary/aromatic N) is 2. The molecule has 19 heavy (non-hydrogen) atoms. The standard InChI is InChI=1S/C12H17N3O3S/c1-7-3-4-15(5-10(7)17)11(18)9-6-19-12(14-9)13-8(2)16/h6-7,10,17H,3-5H2,1-2H3,(H,13,14,16). The minimum Gasteiger partial charge on any atom is -0.391 e. The summed E-state index contributed by atoms with van der Waals surface area (Å²) < 4.78 is 0. The average Bonchev–Trinajstić information content (AvgIpc) is 2.79. The molecule has 0 saturated carbocycles. The largest absolute Gasteiger partial charge is 0.391 e. The van der Waals surface area contributed by atoms with Crippen molar-refractivity contribution in [3.8, 4) is 0 Å². The number of aromatic nitrogens is 1. The molecule has 1 aromatic rings. The Morgan fingerprint density at radius 1 is 1.58 bits per heavy atom. The third kappa shape index (κ3) is 3.30. The van der Waals surface area contributed by atoms with Gasteiger partial charge in [0.05, 0.1) is 6.10 Å². The van der Waals surface area contributed by atoms with Crippen LogP contribution in [0.25, 0.3) is 0 Å². The molecule has 0 spiro atoms. The first kappa shape index (κ1) is 14.0. The molecule has 6 nitrogen and oxygen atoms in total. The van der Waals surface area contributed by atoms with Gasteiger partial charge in [0.25, 0.3) is 5.91 Å². The molecule has 1 aliphatic rings. The van der Waals surface area contributed by atoms with Crippen LogP contribution in [-0.4, -0.2) is 46.0 Å². The van der Waals surface area contributed by atoms with Gasteiger partial charge in [0.2, 0.25) is 5.91 Å². The highest BCUT2D eigenvalue weighted by molar-refractivity contribution is 7.14. The second-order valence-corrected chi connectivity index (χ2v) is 5.66. The fourth-order valence-corrected chi connectivity index (χ4v) is 2.71. The van der Waals surface area contributed by atoms with E-state index in [1.165, 1.54) is 18.3 Å². The Morgan fingerprint density at radius 2 is 2.32 bits per heavy atom. The van der Waals surface area contributed by atoms with E-state index >= 15 is 0 Å². The highest BCUT2D eigenvalue weighted by Gasteiger charge is 2.28. The van der Waals surface area contributed by atoms with Crippen molar-refractivity contribution in [1.29, 1.82) is 0 Å². The van der Waals surface area contributed by atoms with Gasteiger partial charge >= 0.3 is 0 Å². The molecule has 1 aromatic heterocycles. The number of likely N-dealkylation sites (tertiary alicyclic amines) is 1. The lowest BCUT2D eigenvalue weighted by molar-refractivity contribution is -0.114. The van der Waals surface area contributed by atoms with Crippen molar-refractivity contribution in [2.24, 2.45) is 5.92 Å². The highest BCUT2D eigenvalue weighted by Crippen LogP contribution is 2.21. The predicted molar refractivity (Wildman–Crippen MR) is 72.1 cm³/mol. The number of nitrogens with one attached hydrogen (secondary N) is 1. The van der Waals surface area contributed by atoms with E-state index in [0.29, 0.717) is 23.9 Å². The monoisotopic (exact) mass is 283 g/mol. The van der Waals surface area contributed by atoms with E-state index in [9.17, 15) is 14.7 Å². The maximum atomic E-state index is 12.2. The molecule has 1 fully saturated rings. The summed E-state index contributed by atoms with van der Waals surface area (Å²) in [5, 5.41) is 14.4. The smallest absolute Gasteiger partial charge is 0.273 e. The van der Waals surface area contributed by atoms with Crippen LogP contribution in [0.3, 0.4) is 0 Å². The number of β-amino-alcohol motifs (C(OH)–C–C–N with tert-alkyl or cyclic N) is 1. The normalized spacial score (nSPS) is 23.2. The first-order valence-corrected chi connectivity index (χ1v) is 7.06. The van der Waals surface area contributed by atoms with Crippen molar-refractivity contribution in [3.63, 3.8) is 0 Å². The number of aliphatic hydroxyl groups excluding tert-OH is 1. The first-order chi connectivity index (χ1) is 8.97. The second-order valence-electron chi connectivity index (χ2n) is 4.80. The van der Waals surface area contributed by atoms with Crippen molar-refractivity contribution >= 4 is 28.3 Å². The summed E-state index contributed by atoms with van der Waals surface area (Å²) in [4.78, 5) is 28.8. The van der Waals surface area contributed by atoms with Crippen LogP contribution >= 0.6 is 11.3 Å². The van der Waals surface area contributed by atoms with Gasteiger partial charge in [0, 0.05) is 25.4 Å². The van der Waals surface area contributed by atoms with Gasteiger partial charge < -0.3 is 15.3 Å². The summed E-state index contributed by atoms with van der Waals surface area (Å²) >= 11 is 1.22. The van der Waals surface area contributed by atoms with Gasteiger partial charge in [0.1, 0.15) is 5.69 Å². The summed E-state index contributed by atoms with van der Waals surface area (Å²) in [6, 6.07) is 0. The summed E-state index contributed by atoms with van der Waals surface area (Å²) in [7, 11) is 0. The molecule has 0 aliphatic carbocycles. The number of carbonyl (C=O) groups is 2. The molecule has 2 heterocycles. The van der Waals surface area contributed by atoms with Crippen LogP contribution in [0, 0.1) is 5.92 Å². The molecule has 0 bridgehead atoms. The van der Waals surface area contributed by atoms with Crippen molar-refractivity contribution in [3.05, 3.63) is 11.1 Å². The number of thiazole rings is 1. The molecule has 104 valence electrons. The van der Waals surface area contributed by atoms with Crippen LogP contribution in [0.5, 0.6) is 0 Å². The summed E-state index contributed by atoms with van der Waals surface area (Å²) in [6.07, 6.45) is 0.307. The molecule has 2 N–H and O–H groups in total. The number of carbonyl (C=O) groups excluding carboxylic acids is 2. The Bertz CT molecular complexity index is 488. The minimum atomic E-state index is -0.480. The zero-order chi connectivity index (χ0) is 14.0. The van der Waals surface area contributed by atoms with Gasteiger partial charge in [-0.25, -0.2) is 4.98 Å². The zero-order valence-corrected chi connectivity index (χ0v) is 11.7. The quantitative estimate of drug-likeness (QED) is 0.846. The Kier molecular flexibility index (Phi) is 4.16. The molecule has 2 unspecified atom stereocenters. The lowest BCUT2D eigenvalue weighted by Gasteiger charge is -2.33. The molecule has 2 rings (SSSR count). The highest BCUT2D eigenvalue weighted by atomic mass is 32.1. The Balaban J connectivity index is 2.03. The SMILES string of the molecule is CC(=O)Nc1nc(C(=O)N2CCC(C)C(O)C2)cs1. The number of hydrogen-bond donors (Lipinski definition) is 2. The van der Waals surface area contributed by atoms with Crippen LogP contribution in [-0.2, 0) is 4.79 Å². The van der Waals surface area contributed by atoms with Crippen LogP contribution in [0.2, 0.25) is 0 Å². The molecule has 2 atom stereocenters. The minimum absolute atomic E-state index is 0.196. The van der Waals surface area contributed by atoms with E-state index < -0.39 is 6.10 Å². The number of aliphatic hydroxyl groups is 1. The lowest BCUT2D eigenvalue weighted by Crippen LogP contribution is -2.45. The van der Waals surface area contributed by atoms with Crippen molar-refractivity contribution in [1.82, 2.24) is 9.88 Å². The zero-order valence-electron chi connectivity index (χ0n) is 10.9. The number of rotatable bonds is 2. The Labute approximate surface area is 115 Å². The topological polar surface area (TPSA) is 82.5 Å². The van der Waals surface area contributed by atoms with Crippen molar-refractivity contribution < 1.29 is 14.7 Å². The molecule has 1 aliphatic heterocycles. The molecule has 0 radical (unpaired) electrons. The molecule has 2 amide bonds. The number of hydrogen-bond acceptors (Lipinski definition) is 5. The van der Waals surface area contributed by atoms with Gasteiger partial charge in [0.15, 0.2) is 5.13 Å². The first-order valence-electron chi connectivity index (χ1n) is 6.18. The van der Waals surface area contributed by atoms with E-state index in [1.54, 1.807) is 10.3 Å².